The Morgan fingerprint density at radius 1 is 1.42 bits per heavy atom. The summed E-state index contributed by atoms with van der Waals surface area (Å²) in [5, 5.41) is 3.32. The van der Waals surface area contributed by atoms with Crippen LogP contribution in [0.25, 0.3) is 0 Å². The first-order valence-electron chi connectivity index (χ1n) is 4.33. The Labute approximate surface area is 79.7 Å². The van der Waals surface area contributed by atoms with Crippen molar-refractivity contribution in [3.05, 3.63) is 0 Å². The van der Waals surface area contributed by atoms with Gasteiger partial charge in [0.1, 0.15) is 0 Å². The van der Waals surface area contributed by atoms with E-state index in [-0.39, 0.29) is 0 Å². The van der Waals surface area contributed by atoms with E-state index in [0.29, 0.717) is 0 Å². The molecule has 1 saturated heterocycles. The normalized spacial score (nSPS) is 19.2. The minimum atomic E-state index is 0.935. The molecule has 1 fully saturated rings. The summed E-state index contributed by atoms with van der Waals surface area (Å²) in [5.74, 6) is 0. The maximum Gasteiger partial charge on any atom is 0.0916 e. The van der Waals surface area contributed by atoms with E-state index < -0.39 is 0 Å². The van der Waals surface area contributed by atoms with Crippen LogP contribution in [0.2, 0.25) is 0 Å². The standard InChI is InChI=1S/C8H17N3S/c1-10(2)8(12)7-11-5-3-9-4-6-11/h9H,3-7H2,1-2H3. The van der Waals surface area contributed by atoms with Crippen molar-refractivity contribution in [2.75, 3.05) is 46.8 Å². The minimum Gasteiger partial charge on any atom is -0.371 e. The molecule has 0 aromatic heterocycles. The fourth-order valence-electron chi connectivity index (χ4n) is 1.20. The Morgan fingerprint density at radius 3 is 2.50 bits per heavy atom. The maximum atomic E-state index is 5.22. The summed E-state index contributed by atoms with van der Waals surface area (Å²) >= 11 is 5.22. The molecule has 0 amide bonds. The lowest BCUT2D eigenvalue weighted by Gasteiger charge is -2.28. The molecular weight excluding hydrogens is 170 g/mol. The molecule has 1 rings (SSSR count). The van der Waals surface area contributed by atoms with E-state index >= 15 is 0 Å². The number of hydrogen-bond acceptors (Lipinski definition) is 3. The molecule has 0 bridgehead atoms. The Balaban J connectivity index is 2.24. The van der Waals surface area contributed by atoms with Gasteiger partial charge in [0, 0.05) is 46.8 Å². The number of likely N-dealkylation sites (N-methyl/N-ethyl adjacent to an activating group) is 1. The molecule has 0 saturated carbocycles. The third kappa shape index (κ3) is 3.05. The monoisotopic (exact) mass is 187 g/mol. The summed E-state index contributed by atoms with van der Waals surface area (Å²) in [7, 11) is 4.01. The molecule has 0 atom stereocenters. The van der Waals surface area contributed by atoms with Crippen LogP contribution in [0.15, 0.2) is 0 Å². The lowest BCUT2D eigenvalue weighted by Crippen LogP contribution is -2.46. The van der Waals surface area contributed by atoms with Gasteiger partial charge in [-0.2, -0.15) is 0 Å². The van der Waals surface area contributed by atoms with Crippen LogP contribution in [0, 0.1) is 0 Å². The third-order valence-electron chi connectivity index (χ3n) is 2.07. The van der Waals surface area contributed by atoms with Gasteiger partial charge in [-0.05, 0) is 0 Å². The van der Waals surface area contributed by atoms with Crippen LogP contribution in [-0.2, 0) is 0 Å². The van der Waals surface area contributed by atoms with Gasteiger partial charge < -0.3 is 10.2 Å². The Hall–Kier alpha value is -0.190. The molecule has 70 valence electrons. The summed E-state index contributed by atoms with van der Waals surface area (Å²) in [5.41, 5.74) is 0. The zero-order chi connectivity index (χ0) is 8.97. The second-order valence-electron chi connectivity index (χ2n) is 3.31. The first kappa shape index (κ1) is 9.89. The number of nitrogens with zero attached hydrogens (tertiary/aromatic N) is 2. The average molecular weight is 187 g/mol. The van der Waals surface area contributed by atoms with E-state index in [9.17, 15) is 0 Å². The van der Waals surface area contributed by atoms with Crippen molar-refractivity contribution in [2.45, 2.75) is 0 Å². The zero-order valence-electron chi connectivity index (χ0n) is 7.84. The average Bonchev–Trinajstić information content (AvgIpc) is 2.06. The predicted octanol–water partition coefficient (Wildman–Crippen LogP) is -0.219. The van der Waals surface area contributed by atoms with Crippen molar-refractivity contribution < 1.29 is 0 Å². The summed E-state index contributed by atoms with van der Waals surface area (Å²) in [6, 6.07) is 0. The van der Waals surface area contributed by atoms with Crippen molar-refractivity contribution >= 4 is 17.2 Å². The SMILES string of the molecule is CN(C)C(=S)CN1CCNCC1. The zero-order valence-corrected chi connectivity index (χ0v) is 8.65. The largest absolute Gasteiger partial charge is 0.371 e. The predicted molar refractivity (Wildman–Crippen MR) is 55.6 cm³/mol. The molecule has 1 heterocycles. The first-order valence-corrected chi connectivity index (χ1v) is 4.74. The highest BCUT2D eigenvalue weighted by molar-refractivity contribution is 7.80. The van der Waals surface area contributed by atoms with Gasteiger partial charge in [-0.25, -0.2) is 0 Å². The van der Waals surface area contributed by atoms with Gasteiger partial charge in [0.15, 0.2) is 0 Å². The Bertz CT molecular complexity index is 152. The van der Waals surface area contributed by atoms with Crippen molar-refractivity contribution in [3.63, 3.8) is 0 Å². The van der Waals surface area contributed by atoms with Crippen LogP contribution in [0.5, 0.6) is 0 Å². The lowest BCUT2D eigenvalue weighted by molar-refractivity contribution is 0.267. The van der Waals surface area contributed by atoms with Crippen LogP contribution in [0.3, 0.4) is 0 Å². The topological polar surface area (TPSA) is 18.5 Å². The molecule has 1 aliphatic rings. The molecule has 4 heteroatoms. The number of thiocarbonyl (C=S) groups is 1. The molecule has 0 aliphatic carbocycles. The van der Waals surface area contributed by atoms with Gasteiger partial charge in [-0.1, -0.05) is 12.2 Å². The summed E-state index contributed by atoms with van der Waals surface area (Å²) in [4.78, 5) is 5.42. The fraction of sp³-hybridized carbons (Fsp3) is 0.875. The highest BCUT2D eigenvalue weighted by Crippen LogP contribution is 1.94. The molecule has 0 radical (unpaired) electrons. The van der Waals surface area contributed by atoms with Gasteiger partial charge >= 0.3 is 0 Å². The Kier molecular flexibility index (Phi) is 3.91. The van der Waals surface area contributed by atoms with Crippen molar-refractivity contribution in [1.29, 1.82) is 0 Å². The van der Waals surface area contributed by atoms with Gasteiger partial charge in [-0.3, -0.25) is 4.90 Å². The fourth-order valence-corrected chi connectivity index (χ4v) is 1.38. The van der Waals surface area contributed by atoms with Gasteiger partial charge in [0.05, 0.1) is 4.99 Å². The molecule has 1 N–H and O–H groups in total. The van der Waals surface area contributed by atoms with Gasteiger partial charge in [0.2, 0.25) is 0 Å². The summed E-state index contributed by atoms with van der Waals surface area (Å²) < 4.78 is 0. The van der Waals surface area contributed by atoms with Crippen LogP contribution < -0.4 is 5.32 Å². The highest BCUT2D eigenvalue weighted by atomic mass is 32.1. The molecule has 0 aromatic rings. The Morgan fingerprint density at radius 2 is 2.00 bits per heavy atom. The van der Waals surface area contributed by atoms with Crippen molar-refractivity contribution in [3.8, 4) is 0 Å². The number of rotatable bonds is 2. The number of piperazine rings is 1. The van der Waals surface area contributed by atoms with Crippen LogP contribution >= 0.6 is 12.2 Å². The summed E-state index contributed by atoms with van der Waals surface area (Å²) in [6.07, 6.45) is 0. The first-order chi connectivity index (χ1) is 5.70. The maximum absolute atomic E-state index is 5.22. The van der Waals surface area contributed by atoms with Gasteiger partial charge in [0.25, 0.3) is 0 Å². The van der Waals surface area contributed by atoms with Crippen LogP contribution in [0.4, 0.5) is 0 Å². The number of nitrogens with one attached hydrogen (secondary N) is 1. The molecule has 0 aromatic carbocycles. The molecule has 0 unspecified atom stereocenters. The van der Waals surface area contributed by atoms with E-state index in [4.69, 9.17) is 12.2 Å². The smallest absolute Gasteiger partial charge is 0.0916 e. The van der Waals surface area contributed by atoms with Crippen molar-refractivity contribution in [1.82, 2.24) is 15.1 Å². The van der Waals surface area contributed by atoms with E-state index in [1.165, 1.54) is 0 Å². The van der Waals surface area contributed by atoms with Gasteiger partial charge in [-0.15, -0.1) is 0 Å². The molecular formula is C8H17N3S. The molecule has 0 spiro atoms. The lowest BCUT2D eigenvalue weighted by atomic mass is 10.3. The quantitative estimate of drug-likeness (QED) is 0.602. The van der Waals surface area contributed by atoms with Crippen LogP contribution in [0.1, 0.15) is 0 Å². The molecule has 1 aliphatic heterocycles. The van der Waals surface area contributed by atoms with Crippen molar-refractivity contribution in [2.24, 2.45) is 0 Å². The second kappa shape index (κ2) is 4.74. The highest BCUT2D eigenvalue weighted by Gasteiger charge is 2.11. The molecule has 12 heavy (non-hydrogen) atoms. The van der Waals surface area contributed by atoms with E-state index in [0.717, 1.165) is 37.7 Å². The number of hydrogen-bond donors (Lipinski definition) is 1. The second-order valence-corrected chi connectivity index (χ2v) is 3.79. The van der Waals surface area contributed by atoms with E-state index in [2.05, 4.69) is 10.2 Å². The summed E-state index contributed by atoms with van der Waals surface area (Å²) in [6.45, 7) is 5.36. The minimum absolute atomic E-state index is 0.935. The van der Waals surface area contributed by atoms with E-state index in [1.807, 2.05) is 19.0 Å². The van der Waals surface area contributed by atoms with Crippen LogP contribution in [-0.4, -0.2) is 61.6 Å². The van der Waals surface area contributed by atoms with E-state index in [1.54, 1.807) is 0 Å². The third-order valence-corrected chi connectivity index (χ3v) is 2.56. The molecule has 3 nitrogen and oxygen atoms in total.